The van der Waals surface area contributed by atoms with Crippen molar-refractivity contribution in [3.05, 3.63) is 29.8 Å². The number of amides is 1. The molecule has 0 heterocycles. The molecule has 0 aromatic heterocycles. The lowest BCUT2D eigenvalue weighted by atomic mass is 10.2. The second-order valence-electron chi connectivity index (χ2n) is 3.73. The van der Waals surface area contributed by atoms with Gasteiger partial charge >= 0.3 is 11.7 Å². The molecule has 110 valence electrons. The number of nitrogens with one attached hydrogen (secondary N) is 1. The third-order valence-electron chi connectivity index (χ3n) is 2.30. The number of benzene rings is 1. The van der Waals surface area contributed by atoms with Gasteiger partial charge in [-0.2, -0.15) is 8.78 Å². The van der Waals surface area contributed by atoms with Crippen molar-refractivity contribution in [1.82, 2.24) is 5.32 Å². The van der Waals surface area contributed by atoms with Crippen LogP contribution in [0.4, 0.5) is 8.78 Å². The van der Waals surface area contributed by atoms with E-state index in [0.717, 1.165) is 24.3 Å². The highest BCUT2D eigenvalue weighted by molar-refractivity contribution is 7.91. The highest BCUT2D eigenvalue weighted by atomic mass is 32.2. The zero-order valence-corrected chi connectivity index (χ0v) is 10.9. The van der Waals surface area contributed by atoms with Gasteiger partial charge in [0.25, 0.3) is 5.91 Å². The minimum atomic E-state index is -4.69. The Morgan fingerprint density at radius 1 is 1.20 bits per heavy atom. The average Bonchev–Trinajstić information content (AvgIpc) is 2.38. The lowest BCUT2D eigenvalue weighted by molar-refractivity contribution is -0.136. The van der Waals surface area contributed by atoms with Gasteiger partial charge in [0.15, 0.2) is 0 Å². The molecule has 0 aliphatic carbocycles. The summed E-state index contributed by atoms with van der Waals surface area (Å²) in [6.07, 6.45) is -0.260. The minimum Gasteiger partial charge on any atom is -0.481 e. The van der Waals surface area contributed by atoms with Gasteiger partial charge in [-0.05, 0) is 24.3 Å². The van der Waals surface area contributed by atoms with Gasteiger partial charge in [0.05, 0.1) is 11.3 Å². The molecule has 0 saturated carbocycles. The molecule has 1 amide bonds. The van der Waals surface area contributed by atoms with Gasteiger partial charge in [0, 0.05) is 12.1 Å². The van der Waals surface area contributed by atoms with Gasteiger partial charge in [-0.25, -0.2) is 8.42 Å². The molecule has 0 radical (unpaired) electrons. The largest absolute Gasteiger partial charge is 0.481 e. The summed E-state index contributed by atoms with van der Waals surface area (Å²) in [5, 5.41) is 10.7. The van der Waals surface area contributed by atoms with Gasteiger partial charge in [-0.3, -0.25) is 9.59 Å². The molecule has 20 heavy (non-hydrogen) atoms. The Labute approximate surface area is 113 Å². The monoisotopic (exact) mass is 307 g/mol. The molecule has 2 N–H and O–H groups in total. The van der Waals surface area contributed by atoms with E-state index < -0.39 is 32.4 Å². The van der Waals surface area contributed by atoms with Crippen LogP contribution in [0.25, 0.3) is 0 Å². The Morgan fingerprint density at radius 3 is 2.20 bits per heavy atom. The molecule has 1 aromatic rings. The molecule has 0 aliphatic rings. The summed E-state index contributed by atoms with van der Waals surface area (Å²) in [6.45, 7) is -0.0920. The summed E-state index contributed by atoms with van der Waals surface area (Å²) in [5.74, 6) is -5.23. The molecule has 0 saturated heterocycles. The van der Waals surface area contributed by atoms with Crippen LogP contribution in [0.3, 0.4) is 0 Å². The van der Waals surface area contributed by atoms with E-state index in [2.05, 4.69) is 5.32 Å². The summed E-state index contributed by atoms with van der Waals surface area (Å²) in [5.41, 5.74) is 0.0450. The van der Waals surface area contributed by atoms with Crippen LogP contribution in [0.2, 0.25) is 0 Å². The van der Waals surface area contributed by atoms with Crippen molar-refractivity contribution >= 4 is 21.7 Å². The zero-order chi connectivity index (χ0) is 15.3. The summed E-state index contributed by atoms with van der Waals surface area (Å²) in [7, 11) is -4.69. The third kappa shape index (κ3) is 3.98. The van der Waals surface area contributed by atoms with E-state index in [1.165, 1.54) is 0 Å². The number of carboxylic acid groups (broad SMARTS) is 1. The Hall–Kier alpha value is -2.03. The number of alkyl halides is 2. The number of aliphatic carboxylic acids is 1. The fourth-order valence-corrected chi connectivity index (χ4v) is 2.01. The first-order valence-electron chi connectivity index (χ1n) is 5.37. The predicted molar refractivity (Wildman–Crippen MR) is 64.2 cm³/mol. The van der Waals surface area contributed by atoms with Crippen LogP contribution in [0.5, 0.6) is 0 Å². The van der Waals surface area contributed by atoms with Crippen molar-refractivity contribution in [3.8, 4) is 0 Å². The summed E-state index contributed by atoms with van der Waals surface area (Å²) in [6, 6.07) is 3.94. The van der Waals surface area contributed by atoms with Crippen LogP contribution in [0, 0.1) is 0 Å². The van der Waals surface area contributed by atoms with Gasteiger partial charge in [-0.15, -0.1) is 0 Å². The molecular formula is C11H11F2NO5S. The molecular weight excluding hydrogens is 296 g/mol. The Kier molecular flexibility index (Phi) is 5.14. The molecule has 9 heteroatoms. The van der Waals surface area contributed by atoms with Crippen molar-refractivity contribution in [2.45, 2.75) is 17.1 Å². The molecule has 0 aliphatic heterocycles. The molecule has 0 spiro atoms. The third-order valence-corrected chi connectivity index (χ3v) is 3.70. The van der Waals surface area contributed by atoms with Crippen molar-refractivity contribution in [3.63, 3.8) is 0 Å². The van der Waals surface area contributed by atoms with E-state index in [9.17, 15) is 26.8 Å². The molecule has 0 atom stereocenters. The van der Waals surface area contributed by atoms with Crippen molar-refractivity contribution in [1.29, 1.82) is 0 Å². The summed E-state index contributed by atoms with van der Waals surface area (Å²) >= 11 is 0. The quantitative estimate of drug-likeness (QED) is 0.813. The smallest absolute Gasteiger partial charge is 0.341 e. The number of carbonyl (C=O) groups is 2. The SMILES string of the molecule is O=C(O)CCNC(=O)c1ccc(S(=O)(=O)C(F)F)cc1. The fourth-order valence-electron chi connectivity index (χ4n) is 1.28. The molecule has 1 rings (SSSR count). The first kappa shape index (κ1) is 16.0. The fraction of sp³-hybridized carbons (Fsp3) is 0.273. The van der Waals surface area contributed by atoms with Crippen LogP contribution in [0.1, 0.15) is 16.8 Å². The van der Waals surface area contributed by atoms with Crippen molar-refractivity contribution < 1.29 is 31.9 Å². The van der Waals surface area contributed by atoms with E-state index in [4.69, 9.17) is 5.11 Å². The Morgan fingerprint density at radius 2 is 1.75 bits per heavy atom. The highest BCUT2D eigenvalue weighted by Gasteiger charge is 2.26. The normalized spacial score (nSPS) is 11.3. The first-order valence-corrected chi connectivity index (χ1v) is 6.92. The van der Waals surface area contributed by atoms with Gasteiger partial charge in [0.1, 0.15) is 0 Å². The van der Waals surface area contributed by atoms with E-state index in [0.29, 0.717) is 0 Å². The van der Waals surface area contributed by atoms with E-state index >= 15 is 0 Å². The van der Waals surface area contributed by atoms with Crippen LogP contribution >= 0.6 is 0 Å². The Bertz CT molecular complexity index is 598. The summed E-state index contributed by atoms with van der Waals surface area (Å²) < 4.78 is 46.8. The van der Waals surface area contributed by atoms with E-state index in [1.54, 1.807) is 0 Å². The van der Waals surface area contributed by atoms with Gasteiger partial charge in [0.2, 0.25) is 9.84 Å². The number of rotatable bonds is 6. The van der Waals surface area contributed by atoms with E-state index in [1.807, 2.05) is 0 Å². The zero-order valence-electron chi connectivity index (χ0n) is 10.0. The average molecular weight is 307 g/mol. The maximum absolute atomic E-state index is 12.3. The molecule has 0 fully saturated rings. The van der Waals surface area contributed by atoms with Crippen LogP contribution in [-0.4, -0.2) is 37.7 Å². The van der Waals surface area contributed by atoms with E-state index in [-0.39, 0.29) is 18.5 Å². The molecule has 0 unspecified atom stereocenters. The number of halogens is 2. The maximum atomic E-state index is 12.3. The number of carbonyl (C=O) groups excluding carboxylic acids is 1. The maximum Gasteiger partial charge on any atom is 0.341 e. The van der Waals surface area contributed by atoms with Crippen LogP contribution < -0.4 is 5.32 Å². The highest BCUT2D eigenvalue weighted by Crippen LogP contribution is 2.18. The Balaban J connectivity index is 2.77. The van der Waals surface area contributed by atoms with Gasteiger partial charge in [-0.1, -0.05) is 0 Å². The van der Waals surface area contributed by atoms with Gasteiger partial charge < -0.3 is 10.4 Å². The summed E-state index contributed by atoms with van der Waals surface area (Å²) in [4.78, 5) is 21.2. The lowest BCUT2D eigenvalue weighted by Gasteiger charge is -2.06. The molecule has 0 bridgehead atoms. The van der Waals surface area contributed by atoms with Crippen LogP contribution in [0.15, 0.2) is 29.2 Å². The van der Waals surface area contributed by atoms with Crippen molar-refractivity contribution in [2.24, 2.45) is 0 Å². The number of sulfone groups is 1. The number of hydrogen-bond donors (Lipinski definition) is 2. The first-order chi connectivity index (χ1) is 9.25. The molecule has 1 aromatic carbocycles. The number of carboxylic acids is 1. The topological polar surface area (TPSA) is 101 Å². The second kappa shape index (κ2) is 6.42. The predicted octanol–water partition coefficient (Wildman–Crippen LogP) is 0.887. The minimum absolute atomic E-state index is 0.0450. The van der Waals surface area contributed by atoms with Crippen LogP contribution in [-0.2, 0) is 14.6 Å². The molecule has 6 nitrogen and oxygen atoms in total. The standard InChI is InChI=1S/C11H11F2NO5S/c12-11(13)20(18,19)8-3-1-7(2-4-8)10(17)14-6-5-9(15)16/h1-4,11H,5-6H2,(H,14,17)(H,15,16). The lowest BCUT2D eigenvalue weighted by Crippen LogP contribution is -2.26. The second-order valence-corrected chi connectivity index (χ2v) is 5.65. The van der Waals surface area contributed by atoms with Crippen molar-refractivity contribution in [2.75, 3.05) is 6.54 Å². The number of hydrogen-bond acceptors (Lipinski definition) is 4.